The minimum atomic E-state index is -0.124. The molecule has 0 atom stereocenters. The van der Waals surface area contributed by atoms with E-state index in [9.17, 15) is 9.59 Å². The van der Waals surface area contributed by atoms with Crippen LogP contribution in [0.5, 0.6) is 11.5 Å². The Morgan fingerprint density at radius 1 is 1.07 bits per heavy atom. The third-order valence-electron chi connectivity index (χ3n) is 4.60. The van der Waals surface area contributed by atoms with Crippen molar-refractivity contribution in [2.24, 2.45) is 0 Å². The molecule has 3 rings (SSSR count). The number of nitrogens with zero attached hydrogens (tertiary/aromatic N) is 1. The summed E-state index contributed by atoms with van der Waals surface area (Å²) in [6, 6.07) is 12.7. The second kappa shape index (κ2) is 8.58. The van der Waals surface area contributed by atoms with Crippen molar-refractivity contribution in [2.45, 2.75) is 25.7 Å². The van der Waals surface area contributed by atoms with Crippen molar-refractivity contribution in [1.82, 2.24) is 0 Å². The fourth-order valence-corrected chi connectivity index (χ4v) is 3.17. The summed E-state index contributed by atoms with van der Waals surface area (Å²) in [5, 5.41) is 2.90. The second-order valence-corrected chi connectivity index (χ2v) is 6.46. The fourth-order valence-electron chi connectivity index (χ4n) is 3.17. The smallest absolute Gasteiger partial charge is 0.228 e. The summed E-state index contributed by atoms with van der Waals surface area (Å²) >= 11 is 0. The third-order valence-corrected chi connectivity index (χ3v) is 4.60. The number of benzene rings is 2. The minimum absolute atomic E-state index is 0.0845. The zero-order chi connectivity index (χ0) is 19.2. The zero-order valence-corrected chi connectivity index (χ0v) is 15.7. The van der Waals surface area contributed by atoms with Gasteiger partial charge >= 0.3 is 0 Å². The molecule has 2 amide bonds. The summed E-state index contributed by atoms with van der Waals surface area (Å²) in [6.07, 6.45) is 2.67. The molecular weight excluding hydrogens is 344 g/mol. The number of rotatable bonds is 6. The van der Waals surface area contributed by atoms with E-state index in [2.05, 4.69) is 5.32 Å². The van der Waals surface area contributed by atoms with Gasteiger partial charge in [-0.2, -0.15) is 0 Å². The predicted octanol–water partition coefficient (Wildman–Crippen LogP) is 3.40. The van der Waals surface area contributed by atoms with Gasteiger partial charge in [0.15, 0.2) is 0 Å². The molecule has 1 N–H and O–H groups in total. The highest BCUT2D eigenvalue weighted by molar-refractivity contribution is 5.98. The molecule has 1 heterocycles. The van der Waals surface area contributed by atoms with Crippen molar-refractivity contribution >= 4 is 23.2 Å². The van der Waals surface area contributed by atoms with E-state index in [0.717, 1.165) is 24.2 Å². The van der Waals surface area contributed by atoms with Crippen molar-refractivity contribution in [3.05, 3.63) is 48.0 Å². The number of hydrogen-bond acceptors (Lipinski definition) is 4. The van der Waals surface area contributed by atoms with Crippen LogP contribution in [-0.4, -0.2) is 32.6 Å². The van der Waals surface area contributed by atoms with Gasteiger partial charge < -0.3 is 19.7 Å². The molecule has 0 aliphatic carbocycles. The Balaban J connectivity index is 1.73. The fraction of sp³-hybridized carbons (Fsp3) is 0.333. The summed E-state index contributed by atoms with van der Waals surface area (Å²) in [5.74, 6) is 1.34. The molecule has 0 saturated carbocycles. The van der Waals surface area contributed by atoms with Gasteiger partial charge in [-0.25, -0.2) is 0 Å². The number of piperidine rings is 1. The highest BCUT2D eigenvalue weighted by atomic mass is 16.5. The molecule has 2 aromatic rings. The number of ether oxygens (including phenoxy) is 2. The summed E-state index contributed by atoms with van der Waals surface area (Å²) < 4.78 is 10.5. The second-order valence-electron chi connectivity index (χ2n) is 6.46. The van der Waals surface area contributed by atoms with E-state index >= 15 is 0 Å². The van der Waals surface area contributed by atoms with E-state index in [-0.39, 0.29) is 18.2 Å². The highest BCUT2D eigenvalue weighted by Gasteiger charge is 2.23. The first-order valence-electron chi connectivity index (χ1n) is 9.02. The first-order valence-corrected chi connectivity index (χ1v) is 9.02. The normalized spacial score (nSPS) is 14.0. The van der Waals surface area contributed by atoms with Crippen molar-refractivity contribution < 1.29 is 19.1 Å². The molecule has 0 aromatic heterocycles. The summed E-state index contributed by atoms with van der Waals surface area (Å²) in [6.45, 7) is 0.665. The lowest BCUT2D eigenvalue weighted by Gasteiger charge is -2.28. The first kappa shape index (κ1) is 18.8. The van der Waals surface area contributed by atoms with Gasteiger partial charge in [0.1, 0.15) is 11.5 Å². The van der Waals surface area contributed by atoms with E-state index in [4.69, 9.17) is 9.47 Å². The SMILES string of the molecule is COc1ccc(CC(=O)Nc2ccc(OC)c(N3CCCCC3=O)c2)cc1. The number of carbonyl (C=O) groups excluding carboxylic acids is 2. The van der Waals surface area contributed by atoms with Crippen LogP contribution < -0.4 is 19.7 Å². The van der Waals surface area contributed by atoms with Crippen LogP contribution in [0.15, 0.2) is 42.5 Å². The lowest BCUT2D eigenvalue weighted by Crippen LogP contribution is -2.35. The lowest BCUT2D eigenvalue weighted by atomic mass is 10.1. The van der Waals surface area contributed by atoms with E-state index in [1.54, 1.807) is 37.3 Å². The molecule has 2 aromatic carbocycles. The zero-order valence-electron chi connectivity index (χ0n) is 15.7. The Morgan fingerprint density at radius 2 is 1.85 bits per heavy atom. The van der Waals surface area contributed by atoms with Crippen LogP contribution in [0, 0.1) is 0 Å². The van der Waals surface area contributed by atoms with Gasteiger partial charge in [-0.05, 0) is 48.7 Å². The van der Waals surface area contributed by atoms with Gasteiger partial charge in [-0.1, -0.05) is 12.1 Å². The van der Waals surface area contributed by atoms with Crippen LogP contribution in [-0.2, 0) is 16.0 Å². The van der Waals surface area contributed by atoms with E-state index in [0.29, 0.717) is 30.1 Å². The van der Waals surface area contributed by atoms with E-state index in [1.165, 1.54) is 0 Å². The molecule has 1 aliphatic rings. The first-order chi connectivity index (χ1) is 13.1. The van der Waals surface area contributed by atoms with Crippen LogP contribution in [0.2, 0.25) is 0 Å². The maximum absolute atomic E-state index is 12.4. The molecule has 0 unspecified atom stereocenters. The van der Waals surface area contributed by atoms with Gasteiger partial charge in [0.25, 0.3) is 0 Å². The summed E-state index contributed by atoms with van der Waals surface area (Å²) in [4.78, 5) is 26.4. The summed E-state index contributed by atoms with van der Waals surface area (Å²) in [7, 11) is 3.19. The minimum Gasteiger partial charge on any atom is -0.497 e. The highest BCUT2D eigenvalue weighted by Crippen LogP contribution is 2.33. The van der Waals surface area contributed by atoms with E-state index in [1.807, 2.05) is 24.3 Å². The molecule has 142 valence electrons. The largest absolute Gasteiger partial charge is 0.497 e. The molecule has 27 heavy (non-hydrogen) atoms. The Hall–Kier alpha value is -3.02. The van der Waals surface area contributed by atoms with Gasteiger partial charge in [-0.3, -0.25) is 9.59 Å². The standard InChI is InChI=1S/C21H24N2O4/c1-26-17-9-6-15(7-10-17)13-20(24)22-16-8-11-19(27-2)18(14-16)23-12-4-3-5-21(23)25/h6-11,14H,3-5,12-13H2,1-2H3,(H,22,24). The number of carbonyl (C=O) groups is 2. The Morgan fingerprint density at radius 3 is 2.52 bits per heavy atom. The molecule has 0 bridgehead atoms. The number of methoxy groups -OCH3 is 2. The molecule has 1 fully saturated rings. The van der Waals surface area contributed by atoms with Crippen LogP contribution in [0.25, 0.3) is 0 Å². The Kier molecular flexibility index (Phi) is 5.96. The molecular formula is C21H24N2O4. The van der Waals surface area contributed by atoms with Crippen LogP contribution in [0.4, 0.5) is 11.4 Å². The molecule has 6 nitrogen and oxygen atoms in total. The maximum Gasteiger partial charge on any atom is 0.228 e. The average molecular weight is 368 g/mol. The van der Waals surface area contributed by atoms with Crippen molar-refractivity contribution in [3.63, 3.8) is 0 Å². The average Bonchev–Trinajstić information content (AvgIpc) is 2.69. The molecule has 0 radical (unpaired) electrons. The molecule has 1 aliphatic heterocycles. The number of hydrogen-bond donors (Lipinski definition) is 1. The van der Waals surface area contributed by atoms with Crippen LogP contribution >= 0.6 is 0 Å². The number of anilines is 2. The summed E-state index contributed by atoms with van der Waals surface area (Å²) in [5.41, 5.74) is 2.24. The van der Waals surface area contributed by atoms with Crippen LogP contribution in [0.3, 0.4) is 0 Å². The number of nitrogens with one attached hydrogen (secondary N) is 1. The molecule has 6 heteroatoms. The van der Waals surface area contributed by atoms with Gasteiger partial charge in [-0.15, -0.1) is 0 Å². The van der Waals surface area contributed by atoms with Crippen LogP contribution in [0.1, 0.15) is 24.8 Å². The number of amides is 2. The maximum atomic E-state index is 12.4. The molecule has 0 spiro atoms. The topological polar surface area (TPSA) is 67.9 Å². The van der Waals surface area contributed by atoms with Gasteiger partial charge in [0.2, 0.25) is 11.8 Å². The lowest BCUT2D eigenvalue weighted by molar-refractivity contribution is -0.119. The monoisotopic (exact) mass is 368 g/mol. The van der Waals surface area contributed by atoms with Gasteiger partial charge in [0, 0.05) is 18.7 Å². The Labute approximate surface area is 159 Å². The Bertz CT molecular complexity index is 817. The van der Waals surface area contributed by atoms with E-state index < -0.39 is 0 Å². The predicted molar refractivity (Wildman–Crippen MR) is 105 cm³/mol. The molecule has 1 saturated heterocycles. The van der Waals surface area contributed by atoms with Crippen molar-refractivity contribution in [1.29, 1.82) is 0 Å². The van der Waals surface area contributed by atoms with Gasteiger partial charge in [0.05, 0.1) is 26.3 Å². The van der Waals surface area contributed by atoms with Crippen molar-refractivity contribution in [2.75, 3.05) is 31.0 Å². The quantitative estimate of drug-likeness (QED) is 0.849. The third kappa shape index (κ3) is 4.58. The van der Waals surface area contributed by atoms with Crippen molar-refractivity contribution in [3.8, 4) is 11.5 Å².